The minimum absolute atomic E-state index is 0.0435. The minimum Gasteiger partial charge on any atom is -0.484 e. The van der Waals surface area contributed by atoms with E-state index >= 15 is 0 Å². The second-order valence-corrected chi connectivity index (χ2v) is 6.63. The Morgan fingerprint density at radius 3 is 2.46 bits per heavy atom. The lowest BCUT2D eigenvalue weighted by Gasteiger charge is -2.17. The molecule has 136 valence electrons. The predicted octanol–water partition coefficient (Wildman–Crippen LogP) is 3.38. The van der Waals surface area contributed by atoms with E-state index in [9.17, 15) is 9.59 Å². The average molecular weight is 352 g/mol. The van der Waals surface area contributed by atoms with Crippen molar-refractivity contribution in [1.29, 1.82) is 0 Å². The van der Waals surface area contributed by atoms with Crippen LogP contribution in [0.4, 0.5) is 5.69 Å². The van der Waals surface area contributed by atoms with Crippen LogP contribution in [0.1, 0.15) is 36.9 Å². The lowest BCUT2D eigenvalue weighted by Crippen LogP contribution is -2.31. The molecule has 1 atom stereocenters. The number of nitrogens with one attached hydrogen (secondary N) is 1. The van der Waals surface area contributed by atoms with Crippen LogP contribution in [0.3, 0.4) is 0 Å². The molecule has 2 aromatic rings. The maximum Gasteiger partial charge on any atom is 0.258 e. The summed E-state index contributed by atoms with van der Waals surface area (Å²) >= 11 is 0. The summed E-state index contributed by atoms with van der Waals surface area (Å²) in [6, 6.07) is 15.3. The summed E-state index contributed by atoms with van der Waals surface area (Å²) in [5.41, 5.74) is 3.12. The minimum atomic E-state index is -0.170. The Morgan fingerprint density at radius 2 is 1.85 bits per heavy atom. The number of carbonyl (C=O) groups excluding carboxylic acids is 2. The summed E-state index contributed by atoms with van der Waals surface area (Å²) in [7, 11) is 0. The van der Waals surface area contributed by atoms with Crippen molar-refractivity contribution < 1.29 is 14.3 Å². The maximum atomic E-state index is 12.1. The maximum absolute atomic E-state index is 12.1. The molecule has 2 amide bonds. The van der Waals surface area contributed by atoms with Crippen molar-refractivity contribution in [2.24, 2.45) is 0 Å². The van der Waals surface area contributed by atoms with Crippen molar-refractivity contribution in [3.05, 3.63) is 59.7 Å². The summed E-state index contributed by atoms with van der Waals surface area (Å²) in [5, 5.41) is 2.93. The molecule has 0 radical (unpaired) electrons. The van der Waals surface area contributed by atoms with Gasteiger partial charge in [0.25, 0.3) is 5.91 Å². The first kappa shape index (κ1) is 18.0. The van der Waals surface area contributed by atoms with Gasteiger partial charge in [0, 0.05) is 18.7 Å². The van der Waals surface area contributed by atoms with Gasteiger partial charge in [-0.2, -0.15) is 0 Å². The molecule has 0 aromatic heterocycles. The Morgan fingerprint density at radius 1 is 1.15 bits per heavy atom. The van der Waals surface area contributed by atoms with Gasteiger partial charge in [-0.15, -0.1) is 0 Å². The van der Waals surface area contributed by atoms with E-state index in [0.29, 0.717) is 12.2 Å². The van der Waals surface area contributed by atoms with Gasteiger partial charge in [0.05, 0.1) is 6.04 Å². The zero-order chi connectivity index (χ0) is 18.5. The number of ether oxygens (including phenoxy) is 1. The lowest BCUT2D eigenvalue weighted by molar-refractivity contribution is -0.123. The van der Waals surface area contributed by atoms with Crippen molar-refractivity contribution in [1.82, 2.24) is 5.32 Å². The van der Waals surface area contributed by atoms with E-state index in [1.165, 1.54) is 5.56 Å². The Bertz CT molecular complexity index is 769. The molecular formula is C21H24N2O3. The number of hydrogen-bond acceptors (Lipinski definition) is 3. The fourth-order valence-electron chi connectivity index (χ4n) is 3.01. The number of carbonyl (C=O) groups is 2. The number of hydrogen-bond donors (Lipinski definition) is 1. The van der Waals surface area contributed by atoms with Crippen LogP contribution in [-0.2, 0) is 9.59 Å². The number of amides is 2. The van der Waals surface area contributed by atoms with Gasteiger partial charge >= 0.3 is 0 Å². The second-order valence-electron chi connectivity index (χ2n) is 6.63. The Labute approximate surface area is 154 Å². The van der Waals surface area contributed by atoms with E-state index in [1.54, 1.807) is 17.0 Å². The lowest BCUT2D eigenvalue weighted by atomic mass is 10.1. The van der Waals surface area contributed by atoms with Crippen LogP contribution in [-0.4, -0.2) is 25.0 Å². The summed E-state index contributed by atoms with van der Waals surface area (Å²) < 4.78 is 5.55. The zero-order valence-electron chi connectivity index (χ0n) is 15.2. The van der Waals surface area contributed by atoms with Gasteiger partial charge in [0.15, 0.2) is 6.61 Å². The van der Waals surface area contributed by atoms with Crippen LogP contribution in [0.25, 0.3) is 0 Å². The fourth-order valence-corrected chi connectivity index (χ4v) is 3.01. The molecule has 0 spiro atoms. The van der Waals surface area contributed by atoms with Gasteiger partial charge in [-0.1, -0.05) is 29.8 Å². The molecule has 1 aliphatic heterocycles. The third-order valence-corrected chi connectivity index (χ3v) is 4.55. The summed E-state index contributed by atoms with van der Waals surface area (Å²) in [4.78, 5) is 25.6. The highest BCUT2D eigenvalue weighted by molar-refractivity contribution is 5.95. The monoisotopic (exact) mass is 352 g/mol. The number of anilines is 1. The number of nitrogens with zero attached hydrogens (tertiary/aromatic N) is 1. The van der Waals surface area contributed by atoms with Gasteiger partial charge in [-0.3, -0.25) is 9.59 Å². The van der Waals surface area contributed by atoms with E-state index < -0.39 is 0 Å². The molecule has 5 heteroatoms. The first-order chi connectivity index (χ1) is 12.5. The smallest absolute Gasteiger partial charge is 0.258 e. The highest BCUT2D eigenvalue weighted by Gasteiger charge is 2.21. The van der Waals surface area contributed by atoms with Crippen molar-refractivity contribution in [2.75, 3.05) is 18.1 Å². The van der Waals surface area contributed by atoms with Gasteiger partial charge in [-0.05, 0) is 50.1 Å². The fraction of sp³-hybridized carbons (Fsp3) is 0.333. The van der Waals surface area contributed by atoms with Crippen LogP contribution in [0, 0.1) is 6.92 Å². The molecule has 0 aliphatic carbocycles. The van der Waals surface area contributed by atoms with Gasteiger partial charge in [0.2, 0.25) is 5.91 Å². The molecule has 5 nitrogen and oxygen atoms in total. The molecule has 1 aliphatic rings. The SMILES string of the molecule is Cc1ccc(C(C)NC(=O)COc2ccc(N3CCCC3=O)cc2)cc1. The molecule has 1 N–H and O–H groups in total. The Hall–Kier alpha value is -2.82. The van der Waals surface area contributed by atoms with Gasteiger partial charge in [-0.25, -0.2) is 0 Å². The van der Waals surface area contributed by atoms with E-state index in [4.69, 9.17) is 4.74 Å². The van der Waals surface area contributed by atoms with Crippen LogP contribution >= 0.6 is 0 Å². The zero-order valence-corrected chi connectivity index (χ0v) is 15.2. The predicted molar refractivity (Wildman–Crippen MR) is 101 cm³/mol. The van der Waals surface area contributed by atoms with Crippen molar-refractivity contribution in [2.45, 2.75) is 32.7 Å². The van der Waals surface area contributed by atoms with E-state index in [1.807, 2.05) is 50.2 Å². The normalized spacial score (nSPS) is 15.0. The molecule has 1 unspecified atom stereocenters. The van der Waals surface area contributed by atoms with Crippen LogP contribution in [0.5, 0.6) is 5.75 Å². The third-order valence-electron chi connectivity index (χ3n) is 4.55. The standard InChI is InChI=1S/C21H24N2O3/c1-15-5-7-17(8-6-15)16(2)22-20(24)14-26-19-11-9-18(10-12-19)23-13-3-4-21(23)25/h5-12,16H,3-4,13-14H2,1-2H3,(H,22,24). The molecule has 0 saturated carbocycles. The number of rotatable bonds is 6. The van der Waals surface area contributed by atoms with Crippen LogP contribution < -0.4 is 15.0 Å². The molecule has 3 rings (SSSR count). The van der Waals surface area contributed by atoms with Crippen molar-refractivity contribution in [3.63, 3.8) is 0 Å². The largest absolute Gasteiger partial charge is 0.484 e. The number of benzene rings is 2. The van der Waals surface area contributed by atoms with Gasteiger partial charge < -0.3 is 15.0 Å². The topological polar surface area (TPSA) is 58.6 Å². The quantitative estimate of drug-likeness (QED) is 0.867. The second kappa shape index (κ2) is 8.04. The third kappa shape index (κ3) is 4.42. The molecule has 26 heavy (non-hydrogen) atoms. The highest BCUT2D eigenvalue weighted by Crippen LogP contribution is 2.23. The average Bonchev–Trinajstić information content (AvgIpc) is 3.07. The first-order valence-electron chi connectivity index (χ1n) is 8.92. The van der Waals surface area contributed by atoms with Gasteiger partial charge in [0.1, 0.15) is 5.75 Å². The molecule has 1 fully saturated rings. The summed E-state index contributed by atoms with van der Waals surface area (Å²) in [6.07, 6.45) is 1.51. The van der Waals surface area contributed by atoms with E-state index in [2.05, 4.69) is 5.32 Å². The molecule has 2 aromatic carbocycles. The van der Waals surface area contributed by atoms with Crippen LogP contribution in [0.2, 0.25) is 0 Å². The van der Waals surface area contributed by atoms with E-state index in [-0.39, 0.29) is 24.5 Å². The molecular weight excluding hydrogens is 328 g/mol. The van der Waals surface area contributed by atoms with E-state index in [0.717, 1.165) is 24.2 Å². The molecule has 1 saturated heterocycles. The van der Waals surface area contributed by atoms with Crippen molar-refractivity contribution in [3.8, 4) is 5.75 Å². The summed E-state index contributed by atoms with van der Waals surface area (Å²) in [5.74, 6) is 0.596. The Balaban J connectivity index is 1.49. The first-order valence-corrected chi connectivity index (χ1v) is 8.92. The highest BCUT2D eigenvalue weighted by atomic mass is 16.5. The molecule has 0 bridgehead atoms. The van der Waals surface area contributed by atoms with Crippen LogP contribution in [0.15, 0.2) is 48.5 Å². The summed E-state index contributed by atoms with van der Waals surface area (Å²) in [6.45, 7) is 4.70. The number of aryl methyl sites for hydroxylation is 1. The van der Waals surface area contributed by atoms with Crippen molar-refractivity contribution >= 4 is 17.5 Å². The molecule has 1 heterocycles. The Kier molecular flexibility index (Phi) is 5.56.